The fourth-order valence-corrected chi connectivity index (χ4v) is 5.14. The van der Waals surface area contributed by atoms with Crippen LogP contribution in [0.3, 0.4) is 0 Å². The maximum absolute atomic E-state index is 12.3. The van der Waals surface area contributed by atoms with Crippen LogP contribution in [0.15, 0.2) is 28.7 Å². The summed E-state index contributed by atoms with van der Waals surface area (Å²) in [5, 5.41) is 1.27. The summed E-state index contributed by atoms with van der Waals surface area (Å²) < 4.78 is 2.41. The molecule has 2 unspecified atom stereocenters. The molecule has 2 fully saturated rings. The highest BCUT2D eigenvalue weighted by Gasteiger charge is 2.62. The third kappa shape index (κ3) is 1.41. The van der Waals surface area contributed by atoms with Gasteiger partial charge in [0.05, 0.1) is 5.41 Å². The van der Waals surface area contributed by atoms with Gasteiger partial charge in [-0.25, -0.2) is 0 Å². The van der Waals surface area contributed by atoms with E-state index in [9.17, 15) is 4.79 Å². The molecule has 92 valence electrons. The van der Waals surface area contributed by atoms with E-state index >= 15 is 0 Å². The number of rotatable bonds is 1. The summed E-state index contributed by atoms with van der Waals surface area (Å²) in [6.07, 6.45) is 4.22. The molecule has 0 N–H and O–H groups in total. The average molecular weight is 321 g/mol. The molecule has 4 rings (SSSR count). The molecule has 0 aliphatic heterocycles. The molecule has 3 heteroatoms. The number of carbonyl (C=O) groups excluding carboxylic acids is 1. The van der Waals surface area contributed by atoms with E-state index in [-0.39, 0.29) is 5.41 Å². The number of fused-ring (bicyclic) bond motifs is 2. The van der Waals surface area contributed by atoms with Gasteiger partial charge in [0.1, 0.15) is 5.78 Å². The van der Waals surface area contributed by atoms with Crippen molar-refractivity contribution in [3.8, 4) is 0 Å². The molecular weight excluding hydrogens is 308 g/mol. The van der Waals surface area contributed by atoms with Crippen molar-refractivity contribution in [1.82, 2.24) is 0 Å². The highest BCUT2D eigenvalue weighted by molar-refractivity contribution is 9.10. The van der Waals surface area contributed by atoms with Crippen LogP contribution in [0, 0.1) is 5.92 Å². The van der Waals surface area contributed by atoms with Gasteiger partial charge in [0, 0.05) is 20.5 Å². The molecule has 1 aromatic heterocycles. The molecule has 2 saturated carbocycles. The Labute approximate surface area is 118 Å². The number of hydrogen-bond donors (Lipinski definition) is 0. The summed E-state index contributed by atoms with van der Waals surface area (Å²) in [5.41, 5.74) is -0.0750. The van der Waals surface area contributed by atoms with Crippen molar-refractivity contribution in [1.29, 1.82) is 0 Å². The fraction of sp³-hybridized carbons (Fsp3) is 0.400. The van der Waals surface area contributed by atoms with Gasteiger partial charge in [-0.05, 0) is 54.8 Å². The van der Waals surface area contributed by atoms with Gasteiger partial charge in [-0.1, -0.05) is 15.9 Å². The van der Waals surface area contributed by atoms with Crippen molar-refractivity contribution in [3.05, 3.63) is 33.6 Å². The standard InChI is InChI=1S/C15H13BrOS/c16-11-4-5-12-9(6-11)7-14(18-12)15-8-10(15)2-1-3-13(15)17/h4-7,10H,1-3,8H2. The van der Waals surface area contributed by atoms with E-state index < -0.39 is 0 Å². The zero-order valence-electron chi connectivity index (χ0n) is 9.91. The highest BCUT2D eigenvalue weighted by atomic mass is 79.9. The minimum Gasteiger partial charge on any atom is -0.299 e. The predicted molar refractivity (Wildman–Crippen MR) is 78.2 cm³/mol. The van der Waals surface area contributed by atoms with E-state index in [1.54, 1.807) is 0 Å². The van der Waals surface area contributed by atoms with Crippen LogP contribution < -0.4 is 0 Å². The van der Waals surface area contributed by atoms with Gasteiger partial charge >= 0.3 is 0 Å². The van der Waals surface area contributed by atoms with Gasteiger partial charge in [-0.15, -0.1) is 11.3 Å². The monoisotopic (exact) mass is 320 g/mol. The Morgan fingerprint density at radius 1 is 1.33 bits per heavy atom. The van der Waals surface area contributed by atoms with E-state index in [0.29, 0.717) is 11.7 Å². The minimum absolute atomic E-state index is 0.0750. The van der Waals surface area contributed by atoms with Crippen LogP contribution in [-0.2, 0) is 10.2 Å². The van der Waals surface area contributed by atoms with Crippen LogP contribution >= 0.6 is 27.3 Å². The number of benzene rings is 1. The first kappa shape index (κ1) is 11.2. The van der Waals surface area contributed by atoms with E-state index in [1.807, 2.05) is 11.3 Å². The molecule has 2 aliphatic rings. The molecule has 1 heterocycles. The second-order valence-electron chi connectivity index (χ2n) is 5.48. The Morgan fingerprint density at radius 3 is 3.06 bits per heavy atom. The number of carbonyl (C=O) groups is 1. The van der Waals surface area contributed by atoms with Crippen molar-refractivity contribution in [2.75, 3.05) is 0 Å². The third-order valence-corrected chi connectivity index (χ3v) is 6.26. The largest absolute Gasteiger partial charge is 0.299 e. The number of Topliss-reactive ketones (excluding diaryl/α,β-unsaturated/α-hetero) is 1. The molecule has 0 bridgehead atoms. The molecule has 2 atom stereocenters. The first-order valence-electron chi connectivity index (χ1n) is 6.43. The maximum atomic E-state index is 12.3. The quantitative estimate of drug-likeness (QED) is 0.746. The molecule has 0 saturated heterocycles. The molecule has 1 aromatic carbocycles. The summed E-state index contributed by atoms with van der Waals surface area (Å²) in [4.78, 5) is 13.6. The van der Waals surface area contributed by atoms with Crippen molar-refractivity contribution in [2.45, 2.75) is 31.1 Å². The van der Waals surface area contributed by atoms with Gasteiger partial charge in [-0.2, -0.15) is 0 Å². The van der Waals surface area contributed by atoms with Gasteiger partial charge in [0.25, 0.3) is 0 Å². The van der Waals surface area contributed by atoms with Crippen LogP contribution in [-0.4, -0.2) is 5.78 Å². The summed E-state index contributed by atoms with van der Waals surface area (Å²) in [6, 6.07) is 8.62. The third-order valence-electron chi connectivity index (χ3n) is 4.48. The van der Waals surface area contributed by atoms with Crippen molar-refractivity contribution in [2.24, 2.45) is 5.92 Å². The molecule has 0 radical (unpaired) electrons. The molecule has 1 nitrogen and oxygen atoms in total. The van der Waals surface area contributed by atoms with Gasteiger partial charge in [0.15, 0.2) is 0 Å². The summed E-state index contributed by atoms with van der Waals surface area (Å²) in [5.74, 6) is 1.12. The van der Waals surface area contributed by atoms with Crippen LogP contribution in [0.5, 0.6) is 0 Å². The first-order chi connectivity index (χ1) is 8.70. The lowest BCUT2D eigenvalue weighted by atomic mass is 9.86. The molecular formula is C15H13BrOS. The summed E-state index contributed by atoms with van der Waals surface area (Å²) in [6.45, 7) is 0. The highest BCUT2D eigenvalue weighted by Crippen LogP contribution is 2.62. The van der Waals surface area contributed by atoms with Crippen LogP contribution in [0.2, 0.25) is 0 Å². The zero-order valence-corrected chi connectivity index (χ0v) is 12.3. The van der Waals surface area contributed by atoms with Gasteiger partial charge in [-0.3, -0.25) is 4.79 Å². The summed E-state index contributed by atoms with van der Waals surface area (Å²) in [7, 11) is 0. The van der Waals surface area contributed by atoms with E-state index in [1.165, 1.54) is 21.4 Å². The molecule has 0 amide bonds. The smallest absolute Gasteiger partial charge is 0.144 e. The Bertz CT molecular complexity index is 660. The lowest BCUT2D eigenvalue weighted by Gasteiger charge is -2.19. The maximum Gasteiger partial charge on any atom is 0.144 e. The van der Waals surface area contributed by atoms with Crippen molar-refractivity contribution >= 4 is 43.1 Å². The lowest BCUT2D eigenvalue weighted by molar-refractivity contribution is -0.122. The molecule has 0 spiro atoms. The Balaban J connectivity index is 1.86. The normalized spacial score (nSPS) is 30.5. The predicted octanol–water partition coefficient (Wildman–Crippen LogP) is 4.67. The Kier molecular flexibility index (Phi) is 2.28. The number of ketones is 1. The second kappa shape index (κ2) is 3.67. The van der Waals surface area contributed by atoms with E-state index in [0.717, 1.165) is 23.7 Å². The number of hydrogen-bond acceptors (Lipinski definition) is 2. The lowest BCUT2D eigenvalue weighted by Crippen LogP contribution is -2.25. The SMILES string of the molecule is O=C1CCCC2CC12c1cc2cc(Br)ccc2s1. The van der Waals surface area contributed by atoms with E-state index in [2.05, 4.69) is 40.2 Å². The summed E-state index contributed by atoms with van der Waals surface area (Å²) >= 11 is 5.33. The van der Waals surface area contributed by atoms with Gasteiger partial charge < -0.3 is 0 Å². The van der Waals surface area contributed by atoms with Crippen LogP contribution in [0.4, 0.5) is 0 Å². The zero-order chi connectivity index (χ0) is 12.3. The number of thiophene rings is 1. The average Bonchev–Trinajstić information content (AvgIpc) is 2.96. The van der Waals surface area contributed by atoms with Crippen LogP contribution in [0.1, 0.15) is 30.6 Å². The fourth-order valence-electron chi connectivity index (χ4n) is 3.43. The van der Waals surface area contributed by atoms with Crippen molar-refractivity contribution in [3.63, 3.8) is 0 Å². The Morgan fingerprint density at radius 2 is 2.22 bits per heavy atom. The minimum atomic E-state index is -0.0750. The molecule has 2 aromatic rings. The van der Waals surface area contributed by atoms with Crippen LogP contribution in [0.25, 0.3) is 10.1 Å². The molecule has 2 aliphatic carbocycles. The van der Waals surface area contributed by atoms with E-state index in [4.69, 9.17) is 0 Å². The first-order valence-corrected chi connectivity index (χ1v) is 8.04. The number of halogens is 1. The molecule has 18 heavy (non-hydrogen) atoms. The topological polar surface area (TPSA) is 17.1 Å². The Hall–Kier alpha value is -0.670. The van der Waals surface area contributed by atoms with Gasteiger partial charge in [0.2, 0.25) is 0 Å². The van der Waals surface area contributed by atoms with Crippen molar-refractivity contribution < 1.29 is 4.79 Å². The second-order valence-corrected chi connectivity index (χ2v) is 7.48.